The Bertz CT molecular complexity index is 1180. The van der Waals surface area contributed by atoms with E-state index in [1.807, 2.05) is 43.3 Å². The van der Waals surface area contributed by atoms with Crippen LogP contribution in [0.1, 0.15) is 11.4 Å². The maximum Gasteiger partial charge on any atom is 0.140 e. The number of nitrogens with one attached hydrogen (secondary N) is 1. The third-order valence-electron chi connectivity index (χ3n) is 4.42. The van der Waals surface area contributed by atoms with Crippen molar-refractivity contribution < 1.29 is 9.47 Å². The summed E-state index contributed by atoms with van der Waals surface area (Å²) in [5.74, 6) is 1.85. The van der Waals surface area contributed by atoms with E-state index in [1.165, 1.54) is 0 Å². The van der Waals surface area contributed by atoms with Gasteiger partial charge in [0.05, 0.1) is 12.8 Å². The van der Waals surface area contributed by atoms with Crippen LogP contribution in [0.15, 0.2) is 54.7 Å². The molecule has 4 aromatic rings. The fourth-order valence-corrected chi connectivity index (χ4v) is 3.32. The molecule has 1 aromatic carbocycles. The molecule has 3 aromatic heterocycles. The second kappa shape index (κ2) is 8.73. The number of halogens is 2. The number of aromatic nitrogens is 4. The van der Waals surface area contributed by atoms with Gasteiger partial charge in [-0.15, -0.1) is 0 Å². The Morgan fingerprint density at radius 1 is 1.03 bits per heavy atom. The molecule has 3 heterocycles. The average molecular weight is 441 g/mol. The average Bonchev–Trinajstić information content (AvgIpc) is 3.14. The molecule has 0 saturated carbocycles. The molecule has 8 heteroatoms. The molecule has 4 rings (SSSR count). The van der Waals surface area contributed by atoms with Crippen molar-refractivity contribution in [1.29, 1.82) is 0 Å². The zero-order valence-electron chi connectivity index (χ0n) is 16.3. The number of aryl methyl sites for hydroxylation is 1. The molecule has 0 aliphatic rings. The number of imidazole rings is 1. The zero-order valence-corrected chi connectivity index (χ0v) is 17.8. The Kier molecular flexibility index (Phi) is 5.88. The second-order valence-electron chi connectivity index (χ2n) is 6.54. The van der Waals surface area contributed by atoms with Gasteiger partial charge in [0.15, 0.2) is 0 Å². The van der Waals surface area contributed by atoms with Gasteiger partial charge in [-0.05, 0) is 43.3 Å². The highest BCUT2D eigenvalue weighted by Gasteiger charge is 2.17. The standard InChI is InChI=1S/C22H18Cl2N4O2/c1-13-4-3-5-15(26-13)12-30-16-7-8-17(18(10-16)29-2)20-21(24)28-22(27-20)14-6-9-19(23)25-11-14/h3-11H,12H2,1-2H3,(H,27,28). The number of H-pyrrole nitrogens is 1. The molecule has 30 heavy (non-hydrogen) atoms. The van der Waals surface area contributed by atoms with Gasteiger partial charge < -0.3 is 14.5 Å². The second-order valence-corrected chi connectivity index (χ2v) is 7.30. The number of methoxy groups -OCH3 is 1. The predicted octanol–water partition coefficient (Wildman–Crippen LogP) is 5.74. The monoisotopic (exact) mass is 440 g/mol. The Morgan fingerprint density at radius 2 is 1.90 bits per heavy atom. The molecule has 1 N–H and O–H groups in total. The van der Waals surface area contributed by atoms with E-state index in [9.17, 15) is 0 Å². The fourth-order valence-electron chi connectivity index (χ4n) is 2.98. The molecular formula is C22H18Cl2N4O2. The third kappa shape index (κ3) is 4.40. The molecule has 152 valence electrons. The van der Waals surface area contributed by atoms with Crippen LogP contribution in [0.2, 0.25) is 10.3 Å². The van der Waals surface area contributed by atoms with Crippen LogP contribution in [0, 0.1) is 6.92 Å². The van der Waals surface area contributed by atoms with Gasteiger partial charge in [0, 0.05) is 29.1 Å². The van der Waals surface area contributed by atoms with Gasteiger partial charge >= 0.3 is 0 Å². The molecule has 0 fully saturated rings. The highest BCUT2D eigenvalue weighted by molar-refractivity contribution is 6.32. The Labute approximate surface area is 183 Å². The van der Waals surface area contributed by atoms with Gasteiger partial charge in [-0.1, -0.05) is 29.3 Å². The van der Waals surface area contributed by atoms with E-state index in [0.29, 0.717) is 39.9 Å². The minimum Gasteiger partial charge on any atom is -0.496 e. The van der Waals surface area contributed by atoms with Crippen molar-refractivity contribution in [2.24, 2.45) is 0 Å². The number of benzene rings is 1. The van der Waals surface area contributed by atoms with Crippen LogP contribution in [0.3, 0.4) is 0 Å². The summed E-state index contributed by atoms with van der Waals surface area (Å²) in [6, 6.07) is 14.9. The highest BCUT2D eigenvalue weighted by Crippen LogP contribution is 2.37. The van der Waals surface area contributed by atoms with Crippen LogP contribution in [-0.4, -0.2) is 27.0 Å². The fraction of sp³-hybridized carbons (Fsp3) is 0.136. The quantitative estimate of drug-likeness (QED) is 0.387. The summed E-state index contributed by atoms with van der Waals surface area (Å²) in [7, 11) is 1.59. The van der Waals surface area contributed by atoms with Gasteiger partial charge in [-0.2, -0.15) is 0 Å². The van der Waals surface area contributed by atoms with E-state index in [1.54, 1.807) is 25.4 Å². The van der Waals surface area contributed by atoms with Crippen LogP contribution >= 0.6 is 23.2 Å². The number of hydrogen-bond donors (Lipinski definition) is 1. The molecule has 0 saturated heterocycles. The lowest BCUT2D eigenvalue weighted by atomic mass is 10.1. The number of ether oxygens (including phenoxy) is 2. The minimum atomic E-state index is 0.362. The molecule has 0 unspecified atom stereocenters. The van der Waals surface area contributed by atoms with E-state index < -0.39 is 0 Å². The van der Waals surface area contributed by atoms with Crippen LogP contribution in [0.4, 0.5) is 0 Å². The topological polar surface area (TPSA) is 72.9 Å². The molecule has 0 aliphatic carbocycles. The van der Waals surface area contributed by atoms with Crippen molar-refractivity contribution in [3.8, 4) is 34.1 Å². The lowest BCUT2D eigenvalue weighted by molar-refractivity contribution is 0.299. The van der Waals surface area contributed by atoms with Crippen LogP contribution in [0.25, 0.3) is 22.6 Å². The Morgan fingerprint density at radius 3 is 2.63 bits per heavy atom. The van der Waals surface area contributed by atoms with Crippen molar-refractivity contribution in [3.05, 3.63) is 76.4 Å². The first-order valence-corrected chi connectivity index (χ1v) is 9.90. The maximum atomic E-state index is 6.43. The summed E-state index contributed by atoms with van der Waals surface area (Å²) >= 11 is 12.3. The smallest absolute Gasteiger partial charge is 0.140 e. The Hall–Kier alpha value is -3.09. The van der Waals surface area contributed by atoms with Gasteiger partial charge in [0.25, 0.3) is 0 Å². The van der Waals surface area contributed by atoms with E-state index >= 15 is 0 Å². The molecule has 0 atom stereocenters. The maximum absolute atomic E-state index is 6.43. The summed E-state index contributed by atoms with van der Waals surface area (Å²) in [6.45, 7) is 2.31. The molecule has 0 radical (unpaired) electrons. The van der Waals surface area contributed by atoms with Crippen molar-refractivity contribution in [2.75, 3.05) is 7.11 Å². The van der Waals surface area contributed by atoms with Gasteiger partial charge in [-0.3, -0.25) is 4.98 Å². The van der Waals surface area contributed by atoms with E-state index in [4.69, 9.17) is 32.7 Å². The van der Waals surface area contributed by atoms with Crippen LogP contribution < -0.4 is 9.47 Å². The zero-order chi connectivity index (χ0) is 21.1. The minimum absolute atomic E-state index is 0.362. The van der Waals surface area contributed by atoms with E-state index in [-0.39, 0.29) is 0 Å². The number of aromatic amines is 1. The number of rotatable bonds is 6. The van der Waals surface area contributed by atoms with Gasteiger partial charge in [0.2, 0.25) is 0 Å². The summed E-state index contributed by atoms with van der Waals surface area (Å²) in [4.78, 5) is 16.2. The first kappa shape index (κ1) is 20.2. The number of pyridine rings is 2. The van der Waals surface area contributed by atoms with E-state index in [0.717, 1.165) is 22.5 Å². The molecule has 0 amide bonds. The highest BCUT2D eigenvalue weighted by atomic mass is 35.5. The summed E-state index contributed by atoms with van der Waals surface area (Å²) in [5, 5.41) is 0.811. The molecular weight excluding hydrogens is 423 g/mol. The summed E-state index contributed by atoms with van der Waals surface area (Å²) < 4.78 is 11.4. The van der Waals surface area contributed by atoms with Crippen molar-refractivity contribution in [2.45, 2.75) is 13.5 Å². The lowest BCUT2D eigenvalue weighted by Crippen LogP contribution is -1.99. The molecule has 0 spiro atoms. The number of nitrogens with zero attached hydrogens (tertiary/aromatic N) is 3. The van der Waals surface area contributed by atoms with E-state index in [2.05, 4.69) is 19.9 Å². The summed E-state index contributed by atoms with van der Waals surface area (Å²) in [5.41, 5.74) is 3.90. The first-order chi connectivity index (χ1) is 14.5. The van der Waals surface area contributed by atoms with Crippen molar-refractivity contribution >= 4 is 23.2 Å². The number of hydrogen-bond acceptors (Lipinski definition) is 5. The van der Waals surface area contributed by atoms with Crippen molar-refractivity contribution in [3.63, 3.8) is 0 Å². The third-order valence-corrected chi connectivity index (χ3v) is 4.92. The summed E-state index contributed by atoms with van der Waals surface area (Å²) in [6.07, 6.45) is 1.63. The molecule has 6 nitrogen and oxygen atoms in total. The van der Waals surface area contributed by atoms with Crippen LogP contribution in [0.5, 0.6) is 11.5 Å². The predicted molar refractivity (Wildman–Crippen MR) is 117 cm³/mol. The Balaban J connectivity index is 1.59. The van der Waals surface area contributed by atoms with Crippen LogP contribution in [-0.2, 0) is 6.61 Å². The molecule has 0 bridgehead atoms. The van der Waals surface area contributed by atoms with Gasteiger partial charge in [0.1, 0.15) is 39.9 Å². The normalized spacial score (nSPS) is 10.8. The largest absolute Gasteiger partial charge is 0.496 e. The lowest BCUT2D eigenvalue weighted by Gasteiger charge is -2.11. The first-order valence-electron chi connectivity index (χ1n) is 9.14. The van der Waals surface area contributed by atoms with Gasteiger partial charge in [-0.25, -0.2) is 9.97 Å². The molecule has 0 aliphatic heterocycles. The SMILES string of the molecule is COc1cc(OCc2cccc(C)n2)ccc1-c1nc(-c2ccc(Cl)nc2)[nH]c1Cl. The van der Waals surface area contributed by atoms with Crippen molar-refractivity contribution in [1.82, 2.24) is 19.9 Å².